The number of nitrogens with one attached hydrogen (secondary N) is 1. The molecule has 1 saturated carbocycles. The number of thiazole rings is 1. The van der Waals surface area contributed by atoms with Gasteiger partial charge < -0.3 is 10.2 Å². The standard InChI is InChI=1S/C13H21N3S/c1-16-7-5-10(8-16)12-9-17-13(15-12)4-6-14-11-2-3-11/h9-11,14H,2-8H2,1H3. The number of likely N-dealkylation sites (N-methyl/N-ethyl adjacent to an activating group) is 1. The van der Waals surface area contributed by atoms with Crippen LogP contribution in [0.3, 0.4) is 0 Å². The summed E-state index contributed by atoms with van der Waals surface area (Å²) < 4.78 is 0. The highest BCUT2D eigenvalue weighted by molar-refractivity contribution is 7.09. The predicted molar refractivity (Wildman–Crippen MR) is 71.7 cm³/mol. The third kappa shape index (κ3) is 3.06. The Morgan fingerprint density at radius 1 is 1.47 bits per heavy atom. The highest BCUT2D eigenvalue weighted by atomic mass is 32.1. The van der Waals surface area contributed by atoms with Crippen molar-refractivity contribution in [3.05, 3.63) is 16.1 Å². The molecule has 1 aliphatic heterocycles. The number of likely N-dealkylation sites (tertiary alicyclic amines) is 1. The Morgan fingerprint density at radius 2 is 2.35 bits per heavy atom. The van der Waals surface area contributed by atoms with Crippen LogP contribution in [-0.4, -0.2) is 42.6 Å². The second kappa shape index (κ2) is 5.04. The highest BCUT2D eigenvalue weighted by Gasteiger charge is 2.23. The maximum atomic E-state index is 4.80. The maximum Gasteiger partial charge on any atom is 0.0941 e. The summed E-state index contributed by atoms with van der Waals surface area (Å²) in [5.41, 5.74) is 1.33. The average Bonchev–Trinajstić information content (AvgIpc) is 2.85. The first kappa shape index (κ1) is 11.6. The molecular weight excluding hydrogens is 230 g/mol. The summed E-state index contributed by atoms with van der Waals surface area (Å²) in [5, 5.41) is 7.13. The van der Waals surface area contributed by atoms with Crippen molar-refractivity contribution in [2.75, 3.05) is 26.7 Å². The molecule has 0 radical (unpaired) electrons. The summed E-state index contributed by atoms with van der Waals surface area (Å²) in [5.74, 6) is 0.682. The smallest absolute Gasteiger partial charge is 0.0941 e. The van der Waals surface area contributed by atoms with Gasteiger partial charge in [0.15, 0.2) is 0 Å². The molecule has 1 aliphatic carbocycles. The fourth-order valence-corrected chi connectivity index (χ4v) is 3.35. The Hall–Kier alpha value is -0.450. The number of nitrogens with zero attached hydrogens (tertiary/aromatic N) is 2. The molecule has 94 valence electrons. The minimum absolute atomic E-state index is 0.682. The van der Waals surface area contributed by atoms with E-state index >= 15 is 0 Å². The lowest BCUT2D eigenvalue weighted by atomic mass is 10.1. The van der Waals surface area contributed by atoms with Gasteiger partial charge in [0, 0.05) is 36.9 Å². The maximum absolute atomic E-state index is 4.80. The van der Waals surface area contributed by atoms with Gasteiger partial charge in [0.1, 0.15) is 0 Å². The van der Waals surface area contributed by atoms with E-state index in [4.69, 9.17) is 4.98 Å². The van der Waals surface area contributed by atoms with Crippen molar-refractivity contribution in [1.29, 1.82) is 0 Å². The molecule has 3 nitrogen and oxygen atoms in total. The molecule has 0 spiro atoms. The zero-order chi connectivity index (χ0) is 11.7. The molecule has 1 atom stereocenters. The van der Waals surface area contributed by atoms with Crippen LogP contribution in [0.15, 0.2) is 5.38 Å². The van der Waals surface area contributed by atoms with Gasteiger partial charge in [0.05, 0.1) is 10.7 Å². The summed E-state index contributed by atoms with van der Waals surface area (Å²) in [4.78, 5) is 7.20. The molecule has 3 rings (SSSR count). The van der Waals surface area contributed by atoms with E-state index < -0.39 is 0 Å². The Morgan fingerprint density at radius 3 is 3.06 bits per heavy atom. The molecule has 1 saturated heterocycles. The Bertz CT molecular complexity index is 372. The third-order valence-electron chi connectivity index (χ3n) is 3.73. The van der Waals surface area contributed by atoms with Crippen molar-refractivity contribution in [3.63, 3.8) is 0 Å². The van der Waals surface area contributed by atoms with Crippen LogP contribution in [0.4, 0.5) is 0 Å². The van der Waals surface area contributed by atoms with E-state index in [1.54, 1.807) is 0 Å². The van der Waals surface area contributed by atoms with Gasteiger partial charge >= 0.3 is 0 Å². The summed E-state index contributed by atoms with van der Waals surface area (Å²) >= 11 is 1.84. The van der Waals surface area contributed by atoms with Crippen molar-refractivity contribution in [1.82, 2.24) is 15.2 Å². The molecule has 2 aliphatic rings. The quantitative estimate of drug-likeness (QED) is 0.866. The molecule has 1 aromatic rings. The summed E-state index contributed by atoms with van der Waals surface area (Å²) in [6, 6.07) is 0.818. The predicted octanol–water partition coefficient (Wildman–Crippen LogP) is 1.86. The van der Waals surface area contributed by atoms with E-state index in [2.05, 4.69) is 22.6 Å². The average molecular weight is 251 g/mol. The molecule has 2 fully saturated rings. The number of hydrogen-bond donors (Lipinski definition) is 1. The molecule has 1 N–H and O–H groups in total. The van der Waals surface area contributed by atoms with Gasteiger partial charge in [-0.05, 0) is 32.9 Å². The van der Waals surface area contributed by atoms with E-state index in [1.165, 1.54) is 43.1 Å². The second-order valence-corrected chi connectivity index (χ2v) is 6.34. The largest absolute Gasteiger partial charge is 0.314 e. The van der Waals surface area contributed by atoms with Crippen molar-refractivity contribution in [2.45, 2.75) is 37.6 Å². The Kier molecular flexibility index (Phi) is 3.45. The summed E-state index contributed by atoms with van der Waals surface area (Å²) in [6.45, 7) is 3.51. The molecule has 4 heteroatoms. The third-order valence-corrected chi connectivity index (χ3v) is 4.66. The second-order valence-electron chi connectivity index (χ2n) is 5.39. The number of aromatic nitrogens is 1. The lowest BCUT2D eigenvalue weighted by Gasteiger charge is -2.07. The highest BCUT2D eigenvalue weighted by Crippen LogP contribution is 2.27. The minimum atomic E-state index is 0.682. The topological polar surface area (TPSA) is 28.2 Å². The van der Waals surface area contributed by atoms with Crippen LogP contribution in [-0.2, 0) is 6.42 Å². The van der Waals surface area contributed by atoms with E-state index in [9.17, 15) is 0 Å². The van der Waals surface area contributed by atoms with Crippen molar-refractivity contribution in [2.24, 2.45) is 0 Å². The molecule has 2 heterocycles. The van der Waals surface area contributed by atoms with Gasteiger partial charge in [-0.25, -0.2) is 4.98 Å². The van der Waals surface area contributed by atoms with Crippen LogP contribution >= 0.6 is 11.3 Å². The summed E-state index contributed by atoms with van der Waals surface area (Å²) in [7, 11) is 2.20. The molecule has 0 amide bonds. The first-order chi connectivity index (χ1) is 8.31. The molecular formula is C13H21N3S. The van der Waals surface area contributed by atoms with E-state index in [0.717, 1.165) is 19.0 Å². The van der Waals surface area contributed by atoms with E-state index in [1.807, 2.05) is 11.3 Å². The fraction of sp³-hybridized carbons (Fsp3) is 0.769. The number of rotatable bonds is 5. The van der Waals surface area contributed by atoms with E-state index in [-0.39, 0.29) is 0 Å². The van der Waals surface area contributed by atoms with Gasteiger partial charge in [-0.3, -0.25) is 0 Å². The fourth-order valence-electron chi connectivity index (χ4n) is 2.47. The van der Waals surface area contributed by atoms with Crippen molar-refractivity contribution < 1.29 is 0 Å². The molecule has 1 aromatic heterocycles. The Labute approximate surface area is 107 Å². The lowest BCUT2D eigenvalue weighted by molar-refractivity contribution is 0.411. The van der Waals surface area contributed by atoms with Gasteiger partial charge in [-0.15, -0.1) is 11.3 Å². The van der Waals surface area contributed by atoms with Gasteiger partial charge in [-0.2, -0.15) is 0 Å². The van der Waals surface area contributed by atoms with Crippen LogP contribution in [0.25, 0.3) is 0 Å². The summed E-state index contributed by atoms with van der Waals surface area (Å²) in [6.07, 6.45) is 5.12. The first-order valence-electron chi connectivity index (χ1n) is 6.67. The van der Waals surface area contributed by atoms with Crippen LogP contribution in [0.1, 0.15) is 35.9 Å². The van der Waals surface area contributed by atoms with Crippen molar-refractivity contribution >= 4 is 11.3 Å². The van der Waals surface area contributed by atoms with Gasteiger partial charge in [0.2, 0.25) is 0 Å². The van der Waals surface area contributed by atoms with Gasteiger partial charge in [0.25, 0.3) is 0 Å². The SMILES string of the molecule is CN1CCC(c2csc(CCNC3CC3)n2)C1. The normalized spacial score (nSPS) is 25.6. The zero-order valence-corrected chi connectivity index (χ0v) is 11.3. The minimum Gasteiger partial charge on any atom is -0.314 e. The lowest BCUT2D eigenvalue weighted by Crippen LogP contribution is -2.19. The van der Waals surface area contributed by atoms with Crippen LogP contribution in [0.5, 0.6) is 0 Å². The van der Waals surface area contributed by atoms with E-state index in [0.29, 0.717) is 5.92 Å². The van der Waals surface area contributed by atoms with Crippen molar-refractivity contribution in [3.8, 4) is 0 Å². The monoisotopic (exact) mass is 251 g/mol. The van der Waals surface area contributed by atoms with Crippen LogP contribution in [0, 0.1) is 0 Å². The molecule has 0 aromatic carbocycles. The van der Waals surface area contributed by atoms with Crippen LogP contribution in [0.2, 0.25) is 0 Å². The Balaban J connectivity index is 1.50. The van der Waals surface area contributed by atoms with Gasteiger partial charge in [-0.1, -0.05) is 0 Å². The zero-order valence-electron chi connectivity index (χ0n) is 10.5. The molecule has 17 heavy (non-hydrogen) atoms. The van der Waals surface area contributed by atoms with Crippen LogP contribution < -0.4 is 5.32 Å². The first-order valence-corrected chi connectivity index (χ1v) is 7.55. The molecule has 0 bridgehead atoms. The molecule has 1 unspecified atom stereocenters. The number of hydrogen-bond acceptors (Lipinski definition) is 4.